The van der Waals surface area contributed by atoms with Crippen LogP contribution in [0.25, 0.3) is 0 Å². The van der Waals surface area contributed by atoms with Gasteiger partial charge in [-0.15, -0.1) is 0 Å². The van der Waals surface area contributed by atoms with Crippen LogP contribution in [0.5, 0.6) is 0 Å². The van der Waals surface area contributed by atoms with E-state index < -0.39 is 49.5 Å². The standard InChI is InChI=1S/C62H109NO8/c1-3-5-7-9-11-13-15-17-19-20-21-22-23-24-25-26-27-28-29-30-31-32-33-34-35-36-38-40-42-44-46-48-50-52-58(66)63-55(54-70-62-61(69)60(68)59(67)57(53-64)71-62)56(65)51-49-47-45-43-41-39-37-18-16-14-12-10-8-6-4-2/h5,7,11,13,17,19,21-22,24-25,27-28,49,51,55-57,59-62,64-65,67-69H,3-4,6,8-10,12,14-16,18,20,23,26,29-48,50,52-54H2,1-2H3,(H,63,66)/b7-5-,13-11-,19-17-,22-21-,25-24-,28-27-,51-49+. The van der Waals surface area contributed by atoms with E-state index in [0.29, 0.717) is 6.42 Å². The van der Waals surface area contributed by atoms with Gasteiger partial charge in [0, 0.05) is 6.42 Å². The molecule has 0 bridgehead atoms. The number of ether oxygens (including phenoxy) is 2. The summed E-state index contributed by atoms with van der Waals surface area (Å²) in [5.41, 5.74) is 0. The van der Waals surface area contributed by atoms with Gasteiger partial charge in [-0.3, -0.25) is 4.79 Å². The molecule has 0 aliphatic carbocycles. The van der Waals surface area contributed by atoms with Crippen molar-refractivity contribution in [2.24, 2.45) is 0 Å². The van der Waals surface area contributed by atoms with Gasteiger partial charge >= 0.3 is 0 Å². The number of carbonyl (C=O) groups excluding carboxylic acids is 1. The van der Waals surface area contributed by atoms with Crippen molar-refractivity contribution >= 4 is 5.91 Å². The van der Waals surface area contributed by atoms with E-state index in [0.717, 1.165) is 77.0 Å². The fraction of sp³-hybridized carbons (Fsp3) is 0.758. The van der Waals surface area contributed by atoms with Crippen molar-refractivity contribution in [2.45, 2.75) is 288 Å². The highest BCUT2D eigenvalue weighted by molar-refractivity contribution is 5.76. The number of hydrogen-bond donors (Lipinski definition) is 6. The van der Waals surface area contributed by atoms with Gasteiger partial charge in [0.25, 0.3) is 0 Å². The molecular weight excluding hydrogens is 887 g/mol. The highest BCUT2D eigenvalue weighted by atomic mass is 16.7. The molecule has 0 aromatic carbocycles. The summed E-state index contributed by atoms with van der Waals surface area (Å²) in [7, 11) is 0. The zero-order chi connectivity index (χ0) is 51.5. The Labute approximate surface area is 435 Å². The Morgan fingerprint density at radius 3 is 1.30 bits per heavy atom. The van der Waals surface area contributed by atoms with E-state index in [-0.39, 0.29) is 12.5 Å². The van der Waals surface area contributed by atoms with Crippen LogP contribution in [-0.2, 0) is 14.3 Å². The first kappa shape index (κ1) is 66.4. The second kappa shape index (κ2) is 50.9. The Morgan fingerprint density at radius 2 is 0.873 bits per heavy atom. The largest absolute Gasteiger partial charge is 0.394 e. The van der Waals surface area contributed by atoms with E-state index >= 15 is 0 Å². The quantitative estimate of drug-likeness (QED) is 0.0261. The molecule has 1 rings (SSSR count). The van der Waals surface area contributed by atoms with Crippen LogP contribution in [0, 0.1) is 0 Å². The molecule has 0 aromatic heterocycles. The maximum atomic E-state index is 13.1. The molecule has 1 saturated heterocycles. The minimum atomic E-state index is -1.57. The van der Waals surface area contributed by atoms with E-state index in [1.807, 2.05) is 6.08 Å². The van der Waals surface area contributed by atoms with Crippen LogP contribution >= 0.6 is 0 Å². The molecule has 1 aliphatic rings. The second-order valence-electron chi connectivity index (χ2n) is 20.1. The summed E-state index contributed by atoms with van der Waals surface area (Å²) in [6.07, 6.45) is 65.0. The molecule has 0 saturated carbocycles. The molecule has 6 N–H and O–H groups in total. The maximum Gasteiger partial charge on any atom is 0.220 e. The molecule has 1 fully saturated rings. The average molecular weight is 997 g/mol. The van der Waals surface area contributed by atoms with Crippen molar-refractivity contribution in [1.82, 2.24) is 5.32 Å². The molecular formula is C62H109NO8. The summed E-state index contributed by atoms with van der Waals surface area (Å²) in [4.78, 5) is 13.1. The fourth-order valence-corrected chi connectivity index (χ4v) is 8.87. The van der Waals surface area contributed by atoms with E-state index in [1.54, 1.807) is 6.08 Å². The highest BCUT2D eigenvalue weighted by Crippen LogP contribution is 2.23. The number of unbranched alkanes of at least 4 members (excludes halogenated alkanes) is 27. The average Bonchev–Trinajstić information content (AvgIpc) is 3.37. The second-order valence-corrected chi connectivity index (χ2v) is 20.1. The zero-order valence-corrected chi connectivity index (χ0v) is 45.5. The Morgan fingerprint density at radius 1 is 0.493 bits per heavy atom. The lowest BCUT2D eigenvalue weighted by molar-refractivity contribution is -0.302. The molecule has 410 valence electrons. The number of carbonyl (C=O) groups is 1. The van der Waals surface area contributed by atoms with E-state index in [9.17, 15) is 30.3 Å². The third-order valence-electron chi connectivity index (χ3n) is 13.5. The van der Waals surface area contributed by atoms with Gasteiger partial charge in [-0.05, 0) is 70.6 Å². The summed E-state index contributed by atoms with van der Waals surface area (Å²) in [5, 5.41) is 54.5. The molecule has 71 heavy (non-hydrogen) atoms. The summed E-state index contributed by atoms with van der Waals surface area (Å²) in [5.74, 6) is -0.179. The molecule has 7 atom stereocenters. The fourth-order valence-electron chi connectivity index (χ4n) is 8.87. The third-order valence-corrected chi connectivity index (χ3v) is 13.5. The van der Waals surface area contributed by atoms with Crippen LogP contribution < -0.4 is 5.32 Å². The third kappa shape index (κ3) is 40.4. The number of nitrogens with one attached hydrogen (secondary N) is 1. The van der Waals surface area contributed by atoms with Crippen molar-refractivity contribution < 1.29 is 39.8 Å². The number of amides is 1. The van der Waals surface area contributed by atoms with Crippen LogP contribution in [-0.4, -0.2) is 87.5 Å². The smallest absolute Gasteiger partial charge is 0.220 e. The summed E-state index contributed by atoms with van der Waals surface area (Å²) in [6.45, 7) is 3.67. The molecule has 0 radical (unpaired) electrons. The molecule has 0 aromatic rings. The Bertz CT molecular complexity index is 1390. The van der Waals surface area contributed by atoms with Crippen LogP contribution in [0.2, 0.25) is 0 Å². The number of aliphatic hydroxyl groups excluding tert-OH is 5. The first-order valence-electron chi connectivity index (χ1n) is 29.3. The van der Waals surface area contributed by atoms with Gasteiger partial charge in [0.05, 0.1) is 25.4 Å². The van der Waals surface area contributed by atoms with Crippen LogP contribution in [0.15, 0.2) is 85.1 Å². The van der Waals surface area contributed by atoms with Crippen molar-refractivity contribution in [1.29, 1.82) is 0 Å². The van der Waals surface area contributed by atoms with Gasteiger partial charge in [-0.1, -0.05) is 253 Å². The molecule has 1 aliphatic heterocycles. The van der Waals surface area contributed by atoms with Crippen molar-refractivity contribution in [3.05, 3.63) is 85.1 Å². The first-order chi connectivity index (χ1) is 34.8. The van der Waals surface area contributed by atoms with Gasteiger partial charge in [0.15, 0.2) is 6.29 Å². The van der Waals surface area contributed by atoms with E-state index in [1.165, 1.54) is 148 Å². The Hall–Kier alpha value is -2.63. The Kier molecular flexibility index (Phi) is 47.6. The van der Waals surface area contributed by atoms with Crippen LogP contribution in [0.4, 0.5) is 0 Å². The molecule has 7 unspecified atom stereocenters. The molecule has 1 heterocycles. The molecule has 0 spiro atoms. The molecule has 9 nitrogen and oxygen atoms in total. The van der Waals surface area contributed by atoms with Crippen molar-refractivity contribution in [2.75, 3.05) is 13.2 Å². The van der Waals surface area contributed by atoms with Crippen molar-refractivity contribution in [3.63, 3.8) is 0 Å². The van der Waals surface area contributed by atoms with Gasteiger partial charge in [0.2, 0.25) is 5.91 Å². The van der Waals surface area contributed by atoms with Crippen molar-refractivity contribution in [3.8, 4) is 0 Å². The molecule has 1 amide bonds. The zero-order valence-electron chi connectivity index (χ0n) is 45.5. The number of aliphatic hydroxyl groups is 5. The summed E-state index contributed by atoms with van der Waals surface area (Å²) in [6, 6.07) is -0.809. The molecule has 9 heteroatoms. The first-order valence-corrected chi connectivity index (χ1v) is 29.3. The predicted octanol–water partition coefficient (Wildman–Crippen LogP) is 14.6. The highest BCUT2D eigenvalue weighted by Gasteiger charge is 2.44. The number of rotatable bonds is 49. The van der Waals surface area contributed by atoms with Crippen LogP contribution in [0.1, 0.15) is 245 Å². The predicted molar refractivity (Wildman–Crippen MR) is 299 cm³/mol. The SMILES string of the molecule is CC/C=C\C/C=C\C/C=C\C/C=C\C/C=C\C/C=C\CCCCCCCCCCCCCCCCC(=O)NC(COC1OC(CO)C(O)C(O)C1O)C(O)/C=C/CCCCCCCCCCCCCCC. The van der Waals surface area contributed by atoms with E-state index in [2.05, 4.69) is 92.1 Å². The monoisotopic (exact) mass is 996 g/mol. The minimum Gasteiger partial charge on any atom is -0.394 e. The topological polar surface area (TPSA) is 149 Å². The minimum absolute atomic E-state index is 0.179. The lowest BCUT2D eigenvalue weighted by atomic mass is 9.99. The lowest BCUT2D eigenvalue weighted by Crippen LogP contribution is -2.60. The van der Waals surface area contributed by atoms with E-state index in [4.69, 9.17) is 9.47 Å². The normalized spacial score (nSPS) is 19.9. The Balaban J connectivity index is 2.16. The van der Waals surface area contributed by atoms with Gasteiger partial charge in [0.1, 0.15) is 24.4 Å². The van der Waals surface area contributed by atoms with Gasteiger partial charge in [-0.25, -0.2) is 0 Å². The summed E-state index contributed by atoms with van der Waals surface area (Å²) >= 11 is 0. The lowest BCUT2D eigenvalue weighted by Gasteiger charge is -2.40. The summed E-state index contributed by atoms with van der Waals surface area (Å²) < 4.78 is 11.3. The number of allylic oxidation sites excluding steroid dienone is 13. The maximum absolute atomic E-state index is 13.1. The number of hydrogen-bond acceptors (Lipinski definition) is 8. The van der Waals surface area contributed by atoms with Crippen LogP contribution in [0.3, 0.4) is 0 Å². The van der Waals surface area contributed by atoms with Gasteiger partial charge in [-0.2, -0.15) is 0 Å². The van der Waals surface area contributed by atoms with Gasteiger partial charge < -0.3 is 40.3 Å².